The van der Waals surface area contributed by atoms with Crippen LogP contribution in [0.4, 0.5) is 11.6 Å². The fraction of sp³-hybridized carbons (Fsp3) is 0.333. The van der Waals surface area contributed by atoms with E-state index in [-0.39, 0.29) is 0 Å². The summed E-state index contributed by atoms with van der Waals surface area (Å²) in [5, 5.41) is 0. The highest BCUT2D eigenvalue weighted by atomic mass is 79.9. The Morgan fingerprint density at radius 2 is 1.65 bits per heavy atom. The maximum Gasteiger partial charge on any atom is 0.225 e. The molecule has 5 heteroatoms. The molecule has 1 fully saturated rings. The monoisotopic (exact) mass is 332 g/mol. The van der Waals surface area contributed by atoms with Gasteiger partial charge in [-0.15, -0.1) is 0 Å². The lowest BCUT2D eigenvalue weighted by Crippen LogP contribution is -2.47. The van der Waals surface area contributed by atoms with Crippen LogP contribution in [-0.4, -0.2) is 36.1 Å². The number of aromatic nitrogens is 2. The molecule has 1 aromatic carbocycles. The van der Waals surface area contributed by atoms with E-state index in [1.807, 2.05) is 0 Å². The van der Waals surface area contributed by atoms with Gasteiger partial charge in [-0.05, 0) is 40.5 Å². The summed E-state index contributed by atoms with van der Waals surface area (Å²) in [6.45, 7) is 6.05. The molecule has 4 nitrogen and oxygen atoms in total. The van der Waals surface area contributed by atoms with Gasteiger partial charge in [-0.25, -0.2) is 9.97 Å². The summed E-state index contributed by atoms with van der Waals surface area (Å²) in [5.41, 5.74) is 2.61. The molecule has 0 saturated carbocycles. The van der Waals surface area contributed by atoms with Gasteiger partial charge in [0.25, 0.3) is 0 Å². The second-order valence-electron chi connectivity index (χ2n) is 5.01. The number of rotatable bonds is 2. The van der Waals surface area contributed by atoms with Crippen LogP contribution in [0, 0.1) is 6.92 Å². The van der Waals surface area contributed by atoms with Crippen LogP contribution < -0.4 is 9.80 Å². The smallest absolute Gasteiger partial charge is 0.225 e. The molecular formula is C15H17BrN4. The van der Waals surface area contributed by atoms with Crippen molar-refractivity contribution in [2.75, 3.05) is 36.0 Å². The molecular weight excluding hydrogens is 316 g/mol. The van der Waals surface area contributed by atoms with E-state index >= 15 is 0 Å². The van der Waals surface area contributed by atoms with Crippen molar-refractivity contribution in [2.45, 2.75) is 6.92 Å². The summed E-state index contributed by atoms with van der Waals surface area (Å²) in [7, 11) is 0. The van der Waals surface area contributed by atoms with Crippen LogP contribution in [0.5, 0.6) is 0 Å². The first-order valence-corrected chi connectivity index (χ1v) is 7.56. The van der Waals surface area contributed by atoms with E-state index in [2.05, 4.69) is 66.9 Å². The molecule has 0 atom stereocenters. The van der Waals surface area contributed by atoms with Crippen LogP contribution >= 0.6 is 15.9 Å². The fourth-order valence-electron chi connectivity index (χ4n) is 2.46. The zero-order valence-corrected chi connectivity index (χ0v) is 13.0. The van der Waals surface area contributed by atoms with Gasteiger partial charge >= 0.3 is 0 Å². The lowest BCUT2D eigenvalue weighted by molar-refractivity contribution is 0.639. The van der Waals surface area contributed by atoms with E-state index in [9.17, 15) is 0 Å². The Balaban J connectivity index is 1.66. The van der Waals surface area contributed by atoms with Crippen LogP contribution in [-0.2, 0) is 0 Å². The second kappa shape index (κ2) is 5.79. The third kappa shape index (κ3) is 2.93. The number of hydrogen-bond acceptors (Lipinski definition) is 4. The number of piperazine rings is 1. The molecule has 1 aliphatic heterocycles. The molecule has 1 aromatic heterocycles. The molecule has 20 heavy (non-hydrogen) atoms. The molecule has 1 saturated heterocycles. The highest BCUT2D eigenvalue weighted by Crippen LogP contribution is 2.19. The Morgan fingerprint density at radius 3 is 2.30 bits per heavy atom. The first-order valence-electron chi connectivity index (χ1n) is 6.76. The molecule has 0 spiro atoms. The van der Waals surface area contributed by atoms with Crippen LogP contribution in [0.2, 0.25) is 0 Å². The number of aryl methyl sites for hydroxylation is 1. The number of hydrogen-bond donors (Lipinski definition) is 0. The van der Waals surface area contributed by atoms with Crippen molar-refractivity contribution in [1.29, 1.82) is 0 Å². The summed E-state index contributed by atoms with van der Waals surface area (Å²) >= 11 is 3.36. The first-order chi connectivity index (χ1) is 9.72. The first kappa shape index (κ1) is 13.4. The average Bonchev–Trinajstić information content (AvgIpc) is 2.48. The molecule has 0 N–H and O–H groups in total. The maximum absolute atomic E-state index is 4.36. The molecule has 0 aliphatic carbocycles. The Hall–Kier alpha value is -1.62. The summed E-state index contributed by atoms with van der Waals surface area (Å²) in [6, 6.07) is 8.68. The Bertz CT molecular complexity index is 577. The SMILES string of the molecule is Cc1cccc(N2CCN(c3ncc(Br)cn3)CC2)c1. The molecule has 0 amide bonds. The molecule has 1 aliphatic rings. The third-order valence-corrected chi connectivity index (χ3v) is 3.95. The van der Waals surface area contributed by atoms with Gasteiger partial charge in [0.1, 0.15) is 0 Å². The van der Waals surface area contributed by atoms with Gasteiger partial charge in [0.15, 0.2) is 0 Å². The van der Waals surface area contributed by atoms with Crippen molar-refractivity contribution in [3.05, 3.63) is 46.7 Å². The third-order valence-electron chi connectivity index (χ3n) is 3.54. The standard InChI is InChI=1S/C15H17BrN4/c1-12-3-2-4-14(9-12)19-5-7-20(8-6-19)15-17-10-13(16)11-18-15/h2-4,9-11H,5-8H2,1H3. The number of benzene rings is 1. The number of anilines is 2. The zero-order valence-electron chi connectivity index (χ0n) is 11.5. The van der Waals surface area contributed by atoms with Gasteiger partial charge in [0.2, 0.25) is 5.95 Å². The Morgan fingerprint density at radius 1 is 1.00 bits per heavy atom. The molecule has 3 rings (SSSR count). The van der Waals surface area contributed by atoms with E-state index in [0.717, 1.165) is 36.6 Å². The van der Waals surface area contributed by atoms with Gasteiger partial charge in [-0.2, -0.15) is 0 Å². The topological polar surface area (TPSA) is 32.3 Å². The fourth-order valence-corrected chi connectivity index (χ4v) is 2.66. The Kier molecular flexibility index (Phi) is 3.87. The minimum Gasteiger partial charge on any atom is -0.368 e. The zero-order chi connectivity index (χ0) is 13.9. The van der Waals surface area contributed by atoms with Gasteiger partial charge in [0.05, 0.1) is 4.47 Å². The van der Waals surface area contributed by atoms with Crippen LogP contribution in [0.15, 0.2) is 41.1 Å². The van der Waals surface area contributed by atoms with Crippen molar-refractivity contribution in [1.82, 2.24) is 9.97 Å². The summed E-state index contributed by atoms with van der Waals surface area (Å²) < 4.78 is 0.916. The van der Waals surface area contributed by atoms with Crippen LogP contribution in [0.25, 0.3) is 0 Å². The molecule has 0 radical (unpaired) electrons. The summed E-state index contributed by atoms with van der Waals surface area (Å²) in [4.78, 5) is 13.4. The van der Waals surface area contributed by atoms with Gasteiger partial charge < -0.3 is 9.80 Å². The lowest BCUT2D eigenvalue weighted by Gasteiger charge is -2.36. The predicted molar refractivity (Wildman–Crippen MR) is 85.3 cm³/mol. The minimum atomic E-state index is 0.817. The van der Waals surface area contributed by atoms with Gasteiger partial charge in [0, 0.05) is 44.3 Å². The summed E-state index contributed by atoms with van der Waals surface area (Å²) in [5.74, 6) is 0.817. The second-order valence-corrected chi connectivity index (χ2v) is 5.93. The minimum absolute atomic E-state index is 0.817. The Labute approximate surface area is 127 Å². The quantitative estimate of drug-likeness (QED) is 0.846. The van der Waals surface area contributed by atoms with Crippen molar-refractivity contribution < 1.29 is 0 Å². The predicted octanol–water partition coefficient (Wildman–Crippen LogP) is 2.87. The van der Waals surface area contributed by atoms with Crippen molar-refractivity contribution in [2.24, 2.45) is 0 Å². The maximum atomic E-state index is 4.36. The molecule has 104 valence electrons. The van der Waals surface area contributed by atoms with E-state index in [1.54, 1.807) is 12.4 Å². The number of halogens is 1. The molecule has 0 unspecified atom stereocenters. The largest absolute Gasteiger partial charge is 0.368 e. The van der Waals surface area contributed by atoms with Crippen molar-refractivity contribution in [3.63, 3.8) is 0 Å². The van der Waals surface area contributed by atoms with Gasteiger partial charge in [-0.3, -0.25) is 0 Å². The number of nitrogens with zero attached hydrogens (tertiary/aromatic N) is 4. The van der Waals surface area contributed by atoms with E-state index in [0.29, 0.717) is 0 Å². The molecule has 2 aromatic rings. The van der Waals surface area contributed by atoms with E-state index in [4.69, 9.17) is 0 Å². The van der Waals surface area contributed by atoms with Crippen molar-refractivity contribution in [3.8, 4) is 0 Å². The highest BCUT2D eigenvalue weighted by molar-refractivity contribution is 9.10. The van der Waals surface area contributed by atoms with Crippen LogP contribution in [0.3, 0.4) is 0 Å². The van der Waals surface area contributed by atoms with Crippen LogP contribution in [0.1, 0.15) is 5.56 Å². The highest BCUT2D eigenvalue weighted by Gasteiger charge is 2.19. The summed E-state index contributed by atoms with van der Waals surface area (Å²) in [6.07, 6.45) is 3.60. The molecule has 0 bridgehead atoms. The van der Waals surface area contributed by atoms with Crippen molar-refractivity contribution >= 4 is 27.6 Å². The normalized spacial score (nSPS) is 15.5. The molecule has 2 heterocycles. The van der Waals surface area contributed by atoms with Gasteiger partial charge in [-0.1, -0.05) is 12.1 Å². The van der Waals surface area contributed by atoms with E-state index in [1.165, 1.54) is 11.3 Å². The average molecular weight is 333 g/mol. The lowest BCUT2D eigenvalue weighted by atomic mass is 10.2. The van der Waals surface area contributed by atoms with E-state index < -0.39 is 0 Å².